The minimum atomic E-state index is -2.50. The average molecular weight is 396 g/mol. The Morgan fingerprint density at radius 1 is 1.28 bits per heavy atom. The maximum absolute atomic E-state index is 11.2. The summed E-state index contributed by atoms with van der Waals surface area (Å²) in [5, 5.41) is 3.28. The van der Waals surface area contributed by atoms with E-state index >= 15 is 0 Å². The largest absolute Gasteiger partial charge is 0.755 e. The fraction of sp³-hybridized carbons (Fsp3) is 0.235. The Labute approximate surface area is 161 Å². The molecule has 0 saturated heterocycles. The van der Waals surface area contributed by atoms with Crippen molar-refractivity contribution in [2.24, 2.45) is 0 Å². The molecule has 0 aliphatic carbocycles. The van der Waals surface area contributed by atoms with Crippen LogP contribution in [0.25, 0.3) is 0 Å². The summed E-state index contributed by atoms with van der Waals surface area (Å²) in [6.07, 6.45) is 2.00. The lowest BCUT2D eigenvalue weighted by Crippen LogP contribution is -2.09. The lowest BCUT2D eigenvalue weighted by atomic mass is 10.1. The van der Waals surface area contributed by atoms with Gasteiger partial charge >= 0.3 is 0 Å². The summed E-state index contributed by atoms with van der Waals surface area (Å²) >= 11 is 6.82. The summed E-state index contributed by atoms with van der Waals surface area (Å²) in [7, 11) is 0. The van der Waals surface area contributed by atoms with Crippen molar-refractivity contribution in [3.05, 3.63) is 48.0 Å². The Hall–Kier alpha value is -1.61. The van der Waals surface area contributed by atoms with Gasteiger partial charge in [-0.15, -0.1) is 12.6 Å². The number of para-hydroxylation sites is 1. The average Bonchev–Trinajstić information content (AvgIpc) is 2.57. The highest BCUT2D eigenvalue weighted by Crippen LogP contribution is 2.39. The first-order valence-electron chi connectivity index (χ1n) is 7.75. The van der Waals surface area contributed by atoms with Crippen molar-refractivity contribution in [3.8, 4) is 11.5 Å². The molecule has 25 heavy (non-hydrogen) atoms. The monoisotopic (exact) mass is 395 g/mol. The number of anilines is 2. The van der Waals surface area contributed by atoms with E-state index < -0.39 is 11.3 Å². The molecule has 8 heteroatoms. The second-order valence-corrected chi connectivity index (χ2v) is 7.07. The van der Waals surface area contributed by atoms with Crippen LogP contribution < -0.4 is 14.8 Å². The Morgan fingerprint density at radius 3 is 2.56 bits per heavy atom. The van der Waals surface area contributed by atoms with Crippen molar-refractivity contribution < 1.29 is 13.5 Å². The molecule has 1 atom stereocenters. The van der Waals surface area contributed by atoms with Crippen LogP contribution in [0.15, 0.2) is 42.5 Å². The van der Waals surface area contributed by atoms with Crippen LogP contribution in [-0.2, 0) is 11.3 Å². The van der Waals surface area contributed by atoms with Crippen LogP contribution in [0.3, 0.4) is 0 Å². The molecule has 2 rings (SSSR count). The van der Waals surface area contributed by atoms with Crippen molar-refractivity contribution in [2.45, 2.75) is 19.8 Å². The van der Waals surface area contributed by atoms with Gasteiger partial charge in [0.1, 0.15) is 5.75 Å². The topological polar surface area (TPSA) is 73.4 Å². The van der Waals surface area contributed by atoms with Crippen LogP contribution in [0.5, 0.6) is 11.5 Å². The van der Waals surface area contributed by atoms with E-state index in [4.69, 9.17) is 17.0 Å². The molecule has 0 radical (unpaired) electrons. The molecule has 0 aliphatic rings. The molecule has 0 bridgehead atoms. The van der Waals surface area contributed by atoms with Gasteiger partial charge in [-0.1, -0.05) is 43.8 Å². The molecule has 0 heterocycles. The zero-order chi connectivity index (χ0) is 18.2. The summed E-state index contributed by atoms with van der Waals surface area (Å²) in [5.41, 5.74) is 1.58. The van der Waals surface area contributed by atoms with Gasteiger partial charge in [0.25, 0.3) is 0 Å². The zero-order valence-electron chi connectivity index (χ0n) is 13.7. The number of thiol groups is 1. The van der Waals surface area contributed by atoms with E-state index in [9.17, 15) is 8.76 Å². The zero-order valence-corrected chi connectivity index (χ0v) is 16.2. The summed E-state index contributed by atoms with van der Waals surface area (Å²) in [6.45, 7) is 2.82. The van der Waals surface area contributed by atoms with E-state index in [1.807, 2.05) is 24.3 Å². The second kappa shape index (κ2) is 9.76. The van der Waals surface area contributed by atoms with Crippen LogP contribution in [0.4, 0.5) is 11.4 Å². The molecule has 5 nitrogen and oxygen atoms in total. The summed E-state index contributed by atoms with van der Waals surface area (Å²) in [6, 6.07) is 12.6. The van der Waals surface area contributed by atoms with Gasteiger partial charge in [0.15, 0.2) is 5.75 Å². The third kappa shape index (κ3) is 6.00. The molecular formula is C17H19N2O3S3-. The first-order chi connectivity index (χ1) is 12.0. The van der Waals surface area contributed by atoms with E-state index in [-0.39, 0.29) is 0 Å². The number of hydrogen-bond donors (Lipinski definition) is 3. The second-order valence-electron chi connectivity index (χ2n) is 5.24. The van der Waals surface area contributed by atoms with E-state index in [1.165, 1.54) is 0 Å². The van der Waals surface area contributed by atoms with E-state index in [0.717, 1.165) is 19.4 Å². The Balaban J connectivity index is 2.48. The van der Waals surface area contributed by atoms with Gasteiger partial charge in [-0.05, 0) is 30.7 Å². The Morgan fingerprint density at radius 2 is 1.96 bits per heavy atom. The van der Waals surface area contributed by atoms with Crippen molar-refractivity contribution >= 4 is 51.7 Å². The maximum Gasteiger partial charge on any atom is 0.174 e. The van der Waals surface area contributed by atoms with Crippen molar-refractivity contribution in [1.29, 1.82) is 0 Å². The van der Waals surface area contributed by atoms with Crippen LogP contribution in [0, 0.1) is 0 Å². The van der Waals surface area contributed by atoms with Crippen molar-refractivity contribution in [3.63, 3.8) is 0 Å². The van der Waals surface area contributed by atoms with Gasteiger partial charge in [-0.25, -0.2) is 0 Å². The third-order valence-electron chi connectivity index (χ3n) is 3.34. The number of rotatable bonds is 9. The van der Waals surface area contributed by atoms with Gasteiger partial charge in [-0.3, -0.25) is 4.21 Å². The van der Waals surface area contributed by atoms with Crippen LogP contribution in [0.1, 0.15) is 25.3 Å². The highest BCUT2D eigenvalue weighted by molar-refractivity contribution is 8.11. The fourth-order valence-electron chi connectivity index (χ4n) is 2.17. The number of hydrogen-bond acceptors (Lipinski definition) is 5. The quantitative estimate of drug-likeness (QED) is 0.252. The predicted molar refractivity (Wildman–Crippen MR) is 110 cm³/mol. The number of benzene rings is 2. The molecule has 2 aromatic rings. The SMILES string of the molecule is CCCCNc1cc(C(=S)S)cc(NS(=O)[O-])c1Oc1ccccc1. The highest BCUT2D eigenvalue weighted by Gasteiger charge is 2.15. The maximum atomic E-state index is 11.2. The van der Waals surface area contributed by atoms with Crippen LogP contribution >= 0.6 is 24.8 Å². The van der Waals surface area contributed by atoms with E-state index in [1.54, 1.807) is 18.2 Å². The molecule has 0 aromatic heterocycles. The first kappa shape index (κ1) is 19.7. The number of nitrogens with one attached hydrogen (secondary N) is 2. The highest BCUT2D eigenvalue weighted by atomic mass is 32.2. The van der Waals surface area contributed by atoms with Gasteiger partial charge in [0, 0.05) is 23.4 Å². The van der Waals surface area contributed by atoms with Gasteiger partial charge in [0.05, 0.1) is 15.6 Å². The normalized spacial score (nSPS) is 11.6. The molecule has 2 N–H and O–H groups in total. The number of unbranched alkanes of at least 4 members (excludes halogenated alkanes) is 1. The molecule has 2 aromatic carbocycles. The van der Waals surface area contributed by atoms with E-state index in [2.05, 4.69) is 29.6 Å². The van der Waals surface area contributed by atoms with E-state index in [0.29, 0.717) is 32.6 Å². The summed E-state index contributed by atoms with van der Waals surface area (Å²) < 4.78 is 31.1. The standard InChI is InChI=1S/C17H20N2O3S3/c1-2-3-9-18-14-10-12(17(23)24)11-15(19-25(20)21)16(14)22-13-7-5-4-6-8-13/h4-8,10-11,18-19H,2-3,9H2,1H3,(H,20,21)(H,23,24)/p-1. The van der Waals surface area contributed by atoms with Gasteiger partial charge in [-0.2, -0.15) is 0 Å². The first-order valence-corrected chi connectivity index (χ1v) is 9.68. The molecule has 0 fully saturated rings. The van der Waals surface area contributed by atoms with Crippen LogP contribution in [0.2, 0.25) is 0 Å². The molecule has 1 unspecified atom stereocenters. The molecular weight excluding hydrogens is 376 g/mol. The van der Waals surface area contributed by atoms with Gasteiger partial charge in [0.2, 0.25) is 0 Å². The van der Waals surface area contributed by atoms with Crippen molar-refractivity contribution in [2.75, 3.05) is 16.6 Å². The molecule has 0 spiro atoms. The lowest BCUT2D eigenvalue weighted by Gasteiger charge is -2.20. The molecule has 0 aliphatic heterocycles. The molecule has 0 amide bonds. The van der Waals surface area contributed by atoms with Crippen molar-refractivity contribution in [1.82, 2.24) is 0 Å². The lowest BCUT2D eigenvalue weighted by molar-refractivity contribution is 0.486. The fourth-order valence-corrected chi connectivity index (χ4v) is 2.74. The molecule has 134 valence electrons. The summed E-state index contributed by atoms with van der Waals surface area (Å²) in [5.74, 6) is 0.988. The minimum absolute atomic E-state index is 0.296. The third-order valence-corrected chi connectivity index (χ3v) is 4.22. The predicted octanol–water partition coefficient (Wildman–Crippen LogP) is 4.50. The molecule has 0 saturated carbocycles. The van der Waals surface area contributed by atoms with Crippen LogP contribution in [-0.4, -0.2) is 19.5 Å². The summed E-state index contributed by atoms with van der Waals surface area (Å²) in [4.78, 5) is 0. The Kier molecular flexibility index (Phi) is 7.70. The Bertz CT molecular complexity index is 754. The smallest absolute Gasteiger partial charge is 0.174 e. The number of ether oxygens (including phenoxy) is 1. The van der Waals surface area contributed by atoms with Gasteiger partial charge < -0.3 is 19.3 Å². The minimum Gasteiger partial charge on any atom is -0.755 e. The number of thiocarbonyl (C=S) groups is 1.